The van der Waals surface area contributed by atoms with E-state index in [1.165, 1.54) is 20.5 Å². The predicted molar refractivity (Wildman–Crippen MR) is 85.9 cm³/mol. The van der Waals surface area contributed by atoms with E-state index in [1.807, 2.05) is 54.6 Å². The quantitative estimate of drug-likeness (QED) is 0.377. The molecule has 0 atom stereocenters. The van der Waals surface area contributed by atoms with Crippen LogP contribution in [-0.4, -0.2) is 20.2 Å². The van der Waals surface area contributed by atoms with Gasteiger partial charge in [0.25, 0.3) is 0 Å². The molecule has 0 aromatic heterocycles. The number of carbonyl (C=O) groups excluding carboxylic acids is 1. The maximum absolute atomic E-state index is 11.9. The van der Waals surface area contributed by atoms with Crippen LogP contribution in [-0.2, 0) is 14.3 Å². The fraction of sp³-hybridized carbons (Fsp3) is 0.105. The Bertz CT molecular complexity index is 734. The number of hydrogen-bond donors (Lipinski definition) is 0. The predicted octanol–water partition coefficient (Wildman–Crippen LogP) is 3.25. The van der Waals surface area contributed by atoms with Gasteiger partial charge in [0.2, 0.25) is 0 Å². The first kappa shape index (κ1) is 15.4. The Balaban J connectivity index is 2.45. The summed E-state index contributed by atoms with van der Waals surface area (Å²) in [5.74, 6) is 5.72. The normalized spacial score (nSPS) is 10.4. The number of esters is 1. The zero-order valence-corrected chi connectivity index (χ0v) is 12.5. The number of hydrogen-bond acceptors (Lipinski definition) is 3. The highest BCUT2D eigenvalue weighted by Crippen LogP contribution is 2.20. The zero-order chi connectivity index (χ0) is 15.8. The van der Waals surface area contributed by atoms with Crippen molar-refractivity contribution in [2.75, 3.05) is 14.2 Å². The van der Waals surface area contributed by atoms with Crippen molar-refractivity contribution in [2.45, 2.75) is 0 Å². The van der Waals surface area contributed by atoms with Gasteiger partial charge in [0.05, 0.1) is 20.5 Å². The Labute approximate surface area is 130 Å². The molecule has 0 aliphatic rings. The molecule has 0 amide bonds. The second kappa shape index (κ2) is 7.70. The molecule has 0 aliphatic heterocycles. The molecule has 0 aliphatic carbocycles. The second-order valence-corrected chi connectivity index (χ2v) is 4.42. The molecule has 0 saturated heterocycles. The molecule has 0 N–H and O–H groups in total. The van der Waals surface area contributed by atoms with E-state index in [0.29, 0.717) is 11.1 Å². The van der Waals surface area contributed by atoms with E-state index >= 15 is 0 Å². The Morgan fingerprint density at radius 2 is 1.64 bits per heavy atom. The molecule has 3 nitrogen and oxygen atoms in total. The fourth-order valence-electron chi connectivity index (χ4n) is 1.94. The largest absolute Gasteiger partial charge is 0.503 e. The third-order valence-corrected chi connectivity index (χ3v) is 2.97. The van der Waals surface area contributed by atoms with Crippen molar-refractivity contribution in [1.29, 1.82) is 0 Å². The summed E-state index contributed by atoms with van der Waals surface area (Å²) in [6, 6.07) is 17.1. The fourth-order valence-corrected chi connectivity index (χ4v) is 1.94. The highest BCUT2D eigenvalue weighted by Gasteiger charge is 2.15. The van der Waals surface area contributed by atoms with E-state index in [9.17, 15) is 4.79 Å². The van der Waals surface area contributed by atoms with Crippen molar-refractivity contribution in [2.24, 2.45) is 0 Å². The lowest BCUT2D eigenvalue weighted by Crippen LogP contribution is -2.06. The maximum atomic E-state index is 11.9. The van der Waals surface area contributed by atoms with Gasteiger partial charge >= 0.3 is 5.97 Å². The van der Waals surface area contributed by atoms with Crippen molar-refractivity contribution >= 4 is 11.5 Å². The van der Waals surface area contributed by atoms with Crippen molar-refractivity contribution in [3.05, 3.63) is 77.5 Å². The Morgan fingerprint density at radius 1 is 0.955 bits per heavy atom. The van der Waals surface area contributed by atoms with Crippen LogP contribution in [0.5, 0.6) is 0 Å². The van der Waals surface area contributed by atoms with Crippen molar-refractivity contribution < 1.29 is 14.3 Å². The lowest BCUT2D eigenvalue weighted by molar-refractivity contribution is -0.133. The minimum atomic E-state index is -0.462. The molecule has 2 aromatic carbocycles. The van der Waals surface area contributed by atoms with Crippen LogP contribution in [0.1, 0.15) is 16.7 Å². The summed E-state index contributed by atoms with van der Waals surface area (Å²) in [5, 5.41) is 0. The number of rotatable bonds is 3. The monoisotopic (exact) mass is 292 g/mol. The number of carbonyl (C=O) groups is 1. The molecule has 0 fully saturated rings. The minimum Gasteiger partial charge on any atom is -0.503 e. The van der Waals surface area contributed by atoms with E-state index < -0.39 is 5.97 Å². The lowest BCUT2D eigenvalue weighted by atomic mass is 10.0. The van der Waals surface area contributed by atoms with Gasteiger partial charge < -0.3 is 9.47 Å². The topological polar surface area (TPSA) is 35.5 Å². The molecule has 2 aromatic rings. The second-order valence-electron chi connectivity index (χ2n) is 4.42. The van der Waals surface area contributed by atoms with Gasteiger partial charge in [0, 0.05) is 16.7 Å². The van der Waals surface area contributed by atoms with Crippen molar-refractivity contribution in [3.8, 4) is 11.8 Å². The first-order valence-electron chi connectivity index (χ1n) is 6.74. The van der Waals surface area contributed by atoms with Gasteiger partial charge in [-0.25, -0.2) is 4.79 Å². The summed E-state index contributed by atoms with van der Waals surface area (Å²) in [4.78, 5) is 11.9. The SMILES string of the molecule is COC=C(C(=O)OC)c1ccccc1C#Cc1ccccc1. The number of ether oxygens (including phenoxy) is 2. The van der Waals surface area contributed by atoms with Crippen LogP contribution in [0.2, 0.25) is 0 Å². The minimum absolute atomic E-state index is 0.336. The van der Waals surface area contributed by atoms with Crippen LogP contribution in [0.25, 0.3) is 5.57 Å². The van der Waals surface area contributed by atoms with Gasteiger partial charge in [-0.2, -0.15) is 0 Å². The summed E-state index contributed by atoms with van der Waals surface area (Å²) < 4.78 is 9.79. The van der Waals surface area contributed by atoms with Crippen LogP contribution < -0.4 is 0 Å². The summed E-state index contributed by atoms with van der Waals surface area (Å²) in [5.41, 5.74) is 2.66. The average Bonchev–Trinajstić information content (AvgIpc) is 2.58. The lowest BCUT2D eigenvalue weighted by Gasteiger charge is -2.07. The molecule has 3 heteroatoms. The number of benzene rings is 2. The van der Waals surface area contributed by atoms with E-state index in [4.69, 9.17) is 9.47 Å². The third-order valence-electron chi connectivity index (χ3n) is 2.97. The smallest absolute Gasteiger partial charge is 0.341 e. The summed E-state index contributed by atoms with van der Waals surface area (Å²) in [6.45, 7) is 0. The highest BCUT2D eigenvalue weighted by atomic mass is 16.5. The van der Waals surface area contributed by atoms with Gasteiger partial charge in [-0.15, -0.1) is 0 Å². The summed E-state index contributed by atoms with van der Waals surface area (Å²) >= 11 is 0. The molecule has 22 heavy (non-hydrogen) atoms. The van der Waals surface area contributed by atoms with Gasteiger partial charge in [-0.05, 0) is 18.2 Å². The van der Waals surface area contributed by atoms with E-state index in [2.05, 4.69) is 11.8 Å². The molecule has 0 heterocycles. The number of methoxy groups -OCH3 is 2. The standard InChI is InChI=1S/C19H16O3/c1-21-14-18(19(20)22-2)17-11-7-6-10-16(17)13-12-15-8-4-3-5-9-15/h3-11,14H,1-2H3. The van der Waals surface area contributed by atoms with Crippen LogP contribution in [0.15, 0.2) is 60.9 Å². The summed E-state index contributed by atoms with van der Waals surface area (Å²) in [7, 11) is 2.82. The molecule has 2 rings (SSSR count). The van der Waals surface area contributed by atoms with E-state index in [-0.39, 0.29) is 0 Å². The van der Waals surface area contributed by atoms with Gasteiger partial charge in [0.15, 0.2) is 0 Å². The molecule has 0 radical (unpaired) electrons. The van der Waals surface area contributed by atoms with Crippen molar-refractivity contribution in [3.63, 3.8) is 0 Å². The van der Waals surface area contributed by atoms with Gasteiger partial charge in [-0.3, -0.25) is 0 Å². The Kier molecular flexibility index (Phi) is 5.39. The Hall–Kier alpha value is -2.99. The third kappa shape index (κ3) is 3.77. The van der Waals surface area contributed by atoms with Gasteiger partial charge in [-0.1, -0.05) is 48.2 Å². The zero-order valence-electron chi connectivity index (χ0n) is 12.5. The van der Waals surface area contributed by atoms with Crippen LogP contribution in [0.3, 0.4) is 0 Å². The molecular formula is C19H16O3. The van der Waals surface area contributed by atoms with E-state index in [1.54, 1.807) is 0 Å². The molecule has 110 valence electrons. The molecule has 0 spiro atoms. The van der Waals surface area contributed by atoms with E-state index in [0.717, 1.165) is 11.1 Å². The van der Waals surface area contributed by atoms with Gasteiger partial charge in [0.1, 0.15) is 5.57 Å². The highest BCUT2D eigenvalue weighted by molar-refractivity contribution is 6.16. The Morgan fingerprint density at radius 3 is 2.32 bits per heavy atom. The molecular weight excluding hydrogens is 276 g/mol. The molecule has 0 saturated carbocycles. The first-order chi connectivity index (χ1) is 10.8. The van der Waals surface area contributed by atoms with Crippen LogP contribution in [0.4, 0.5) is 0 Å². The first-order valence-corrected chi connectivity index (χ1v) is 6.74. The van der Waals surface area contributed by atoms with Crippen LogP contribution in [0, 0.1) is 11.8 Å². The average molecular weight is 292 g/mol. The maximum Gasteiger partial charge on any atom is 0.341 e. The molecule has 0 bridgehead atoms. The van der Waals surface area contributed by atoms with Crippen LogP contribution >= 0.6 is 0 Å². The van der Waals surface area contributed by atoms with Crippen molar-refractivity contribution in [1.82, 2.24) is 0 Å². The summed E-state index contributed by atoms with van der Waals surface area (Å²) in [6.07, 6.45) is 1.37. The molecule has 0 unspecified atom stereocenters.